The third-order valence-corrected chi connectivity index (χ3v) is 7.90. The summed E-state index contributed by atoms with van der Waals surface area (Å²) in [7, 11) is -16.3. The lowest BCUT2D eigenvalue weighted by Crippen LogP contribution is -2.32. The molecule has 1 aliphatic rings. The van der Waals surface area contributed by atoms with Crippen LogP contribution in [0.4, 0.5) is 5.95 Å². The van der Waals surface area contributed by atoms with Gasteiger partial charge in [0.05, 0.1) is 19.0 Å². The molecule has 16 nitrogen and oxygen atoms in total. The molecule has 4 atom stereocenters. The van der Waals surface area contributed by atoms with Crippen molar-refractivity contribution in [3.63, 3.8) is 0 Å². The molecule has 0 aliphatic heterocycles. The molecule has 7 N–H and O–H groups in total. The van der Waals surface area contributed by atoms with Crippen molar-refractivity contribution in [2.45, 2.75) is 12.5 Å². The molecular weight excluding hydrogens is 471 g/mol. The number of phosphoric acid groups is 3. The van der Waals surface area contributed by atoms with Crippen molar-refractivity contribution in [1.82, 2.24) is 19.5 Å². The molecule has 2 heterocycles. The first-order valence-corrected chi connectivity index (χ1v) is 12.4. The van der Waals surface area contributed by atoms with Crippen molar-refractivity contribution in [3.05, 3.63) is 28.8 Å². The Bertz CT molecular complexity index is 1200. The zero-order valence-electron chi connectivity index (χ0n) is 14.8. The number of imidazole rings is 1. The van der Waals surface area contributed by atoms with E-state index < -0.39 is 41.6 Å². The van der Waals surface area contributed by atoms with Crippen LogP contribution in [0.25, 0.3) is 11.2 Å². The minimum atomic E-state index is -5.58. The van der Waals surface area contributed by atoms with Gasteiger partial charge in [-0.15, -0.1) is 0 Å². The van der Waals surface area contributed by atoms with Crippen LogP contribution in [0.1, 0.15) is 12.5 Å². The van der Waals surface area contributed by atoms with Crippen LogP contribution in [0.2, 0.25) is 0 Å². The van der Waals surface area contributed by atoms with Crippen LogP contribution in [-0.2, 0) is 26.8 Å². The minimum Gasteiger partial charge on any atom is -0.369 e. The molecule has 30 heavy (non-hydrogen) atoms. The first kappa shape index (κ1) is 23.0. The fourth-order valence-corrected chi connectivity index (χ4v) is 5.87. The number of hydrogen-bond donors (Lipinski definition) is 6. The zero-order valence-corrected chi connectivity index (χ0v) is 17.4. The average molecular weight is 487 g/mol. The van der Waals surface area contributed by atoms with Gasteiger partial charge >= 0.3 is 23.5 Å². The summed E-state index contributed by atoms with van der Waals surface area (Å²) in [6.45, 7) is 3.37. The van der Waals surface area contributed by atoms with Crippen LogP contribution in [-0.4, -0.2) is 45.7 Å². The monoisotopic (exact) mass is 487 g/mol. The summed E-state index contributed by atoms with van der Waals surface area (Å²) in [6.07, 6.45) is 1.68. The van der Waals surface area contributed by atoms with Crippen LogP contribution in [0.5, 0.6) is 0 Å². The highest BCUT2D eigenvalue weighted by atomic mass is 31.3. The summed E-state index contributed by atoms with van der Waals surface area (Å²) in [4.78, 5) is 57.7. The number of nitrogen functional groups attached to an aromatic ring is 1. The number of fused-ring (bicyclic) bond motifs is 1. The second-order valence-electron chi connectivity index (χ2n) is 6.19. The maximum absolute atomic E-state index is 11.8. The van der Waals surface area contributed by atoms with Crippen LogP contribution in [0.3, 0.4) is 0 Å². The number of anilines is 1. The maximum Gasteiger partial charge on any atom is 0.490 e. The lowest BCUT2D eigenvalue weighted by atomic mass is 9.76. The second kappa shape index (κ2) is 7.77. The van der Waals surface area contributed by atoms with Gasteiger partial charge in [0.2, 0.25) is 5.95 Å². The Morgan fingerprint density at radius 2 is 1.90 bits per heavy atom. The summed E-state index contributed by atoms with van der Waals surface area (Å²) in [5.74, 6) is -0.597. The lowest BCUT2D eigenvalue weighted by Gasteiger charge is -2.39. The quantitative estimate of drug-likeness (QED) is 0.214. The second-order valence-corrected chi connectivity index (χ2v) is 10.6. The van der Waals surface area contributed by atoms with E-state index in [0.717, 1.165) is 0 Å². The van der Waals surface area contributed by atoms with Crippen molar-refractivity contribution in [2.75, 3.05) is 12.3 Å². The van der Waals surface area contributed by atoms with Gasteiger partial charge in [0, 0.05) is 5.92 Å². The maximum atomic E-state index is 11.8. The third kappa shape index (κ3) is 5.13. The van der Waals surface area contributed by atoms with Crippen LogP contribution >= 0.6 is 23.5 Å². The molecule has 2 aromatic rings. The topological polar surface area (TPSA) is 249 Å². The molecule has 4 unspecified atom stereocenters. The van der Waals surface area contributed by atoms with E-state index in [0.29, 0.717) is 12.0 Å². The van der Waals surface area contributed by atoms with E-state index in [-0.39, 0.29) is 23.2 Å². The average Bonchev–Trinajstić information content (AvgIpc) is 2.93. The molecule has 0 amide bonds. The lowest BCUT2D eigenvalue weighted by molar-refractivity contribution is 0.137. The number of phosphoric ester groups is 1. The Morgan fingerprint density at radius 3 is 2.50 bits per heavy atom. The van der Waals surface area contributed by atoms with Gasteiger partial charge in [-0.3, -0.25) is 14.3 Å². The summed E-state index contributed by atoms with van der Waals surface area (Å²) in [5.41, 5.74) is 5.80. The summed E-state index contributed by atoms with van der Waals surface area (Å²) in [6, 6.07) is -0.377. The molecule has 166 valence electrons. The SMILES string of the molecule is C=C1C(COP(=O)(O)OP(=O)(O)OP(=O)(O)O)CC1n1cnc2c(=O)[nH]c(N)nc21. The molecule has 2 aromatic heterocycles. The number of aromatic nitrogens is 4. The predicted octanol–water partition coefficient (Wildman–Crippen LogP) is 0.162. The number of rotatable bonds is 8. The van der Waals surface area contributed by atoms with E-state index in [1.54, 1.807) is 4.57 Å². The Labute approximate surface area is 166 Å². The molecule has 1 fully saturated rings. The number of H-pyrrole nitrogens is 1. The van der Waals surface area contributed by atoms with Gasteiger partial charge < -0.3 is 29.9 Å². The largest absolute Gasteiger partial charge is 0.490 e. The van der Waals surface area contributed by atoms with Gasteiger partial charge in [0.15, 0.2) is 11.2 Å². The first-order chi connectivity index (χ1) is 13.7. The Kier molecular flexibility index (Phi) is 5.95. The molecule has 19 heteroatoms. The van der Waals surface area contributed by atoms with Gasteiger partial charge in [-0.25, -0.2) is 18.7 Å². The molecule has 1 saturated carbocycles. The van der Waals surface area contributed by atoms with Gasteiger partial charge in [-0.05, 0) is 12.0 Å². The molecule has 0 bridgehead atoms. The summed E-state index contributed by atoms with van der Waals surface area (Å²) in [5, 5.41) is 0. The summed E-state index contributed by atoms with van der Waals surface area (Å²) >= 11 is 0. The highest BCUT2D eigenvalue weighted by Crippen LogP contribution is 2.66. The van der Waals surface area contributed by atoms with Crippen LogP contribution < -0.4 is 11.3 Å². The standard InChI is InChI=1S/C11H16N5O11P3/c1-5-6(3-25-29(21,22)27-30(23,24)26-28(18,19)20)2-7(5)16-4-13-8-9(16)14-11(12)15-10(8)17/h4,6-7H,1-3H2,(H,21,22)(H,23,24)(H2,18,19,20)(H3,12,14,15,17). The van der Waals surface area contributed by atoms with E-state index in [1.807, 2.05) is 0 Å². The van der Waals surface area contributed by atoms with E-state index in [1.165, 1.54) is 6.33 Å². The fourth-order valence-electron chi connectivity index (χ4n) is 2.81. The minimum absolute atomic E-state index is 0.0636. The molecule has 0 radical (unpaired) electrons. The molecule has 3 rings (SSSR count). The Morgan fingerprint density at radius 1 is 1.23 bits per heavy atom. The number of nitrogens with two attached hydrogens (primary N) is 1. The molecule has 1 aliphatic carbocycles. The van der Waals surface area contributed by atoms with Gasteiger partial charge in [-0.2, -0.15) is 13.6 Å². The van der Waals surface area contributed by atoms with E-state index in [9.17, 15) is 23.4 Å². The molecule has 0 aromatic carbocycles. The third-order valence-electron chi connectivity index (χ3n) is 4.10. The number of nitrogens with zero attached hydrogens (tertiary/aromatic N) is 3. The van der Waals surface area contributed by atoms with Gasteiger partial charge in [-0.1, -0.05) is 6.58 Å². The van der Waals surface area contributed by atoms with Crippen molar-refractivity contribution in [1.29, 1.82) is 0 Å². The number of hydrogen-bond acceptors (Lipinski definition) is 10. The normalized spacial score (nSPS) is 23.7. The number of nitrogens with one attached hydrogen (secondary N) is 1. The highest BCUT2D eigenvalue weighted by molar-refractivity contribution is 7.66. The smallest absolute Gasteiger partial charge is 0.369 e. The van der Waals surface area contributed by atoms with Gasteiger partial charge in [0.25, 0.3) is 5.56 Å². The Balaban J connectivity index is 1.63. The van der Waals surface area contributed by atoms with Crippen molar-refractivity contribution >= 4 is 40.6 Å². The molecular formula is C11H16N5O11P3. The van der Waals surface area contributed by atoms with E-state index >= 15 is 0 Å². The van der Waals surface area contributed by atoms with E-state index in [4.69, 9.17) is 20.4 Å². The predicted molar refractivity (Wildman–Crippen MR) is 98.7 cm³/mol. The van der Waals surface area contributed by atoms with Crippen molar-refractivity contribution < 1.29 is 46.4 Å². The van der Waals surface area contributed by atoms with Crippen molar-refractivity contribution in [2.24, 2.45) is 5.92 Å². The molecule has 0 spiro atoms. The van der Waals surface area contributed by atoms with E-state index in [2.05, 4.69) is 34.7 Å². The fraction of sp³-hybridized carbons (Fsp3) is 0.364. The van der Waals surface area contributed by atoms with Gasteiger partial charge in [0.1, 0.15) is 0 Å². The molecule has 0 saturated heterocycles. The van der Waals surface area contributed by atoms with Crippen LogP contribution in [0, 0.1) is 5.92 Å². The first-order valence-electron chi connectivity index (χ1n) is 7.87. The summed E-state index contributed by atoms with van der Waals surface area (Å²) < 4.78 is 47.1. The number of aromatic amines is 1. The van der Waals surface area contributed by atoms with Crippen LogP contribution in [0.15, 0.2) is 23.3 Å². The van der Waals surface area contributed by atoms with Crippen molar-refractivity contribution in [3.8, 4) is 0 Å². The zero-order chi connectivity index (χ0) is 22.5. The Hall–Kier alpha value is -1.70. The highest BCUT2D eigenvalue weighted by Gasteiger charge is 2.43.